The Morgan fingerprint density at radius 1 is 0.889 bits per heavy atom. The van der Waals surface area contributed by atoms with Crippen molar-refractivity contribution in [2.45, 2.75) is 0 Å². The summed E-state index contributed by atoms with van der Waals surface area (Å²) in [4.78, 5) is 0. The van der Waals surface area contributed by atoms with Crippen LogP contribution in [-0.4, -0.2) is 49.1 Å². The Bertz CT molecular complexity index is 52.6. The fourth-order valence-electron chi connectivity index (χ4n) is 0. The van der Waals surface area contributed by atoms with Crippen LogP contribution in [0, 0.1) is 0 Å². The minimum absolute atomic E-state index is 0.389. The lowest BCUT2D eigenvalue weighted by molar-refractivity contribution is 0.278. The molecule has 9 heavy (non-hydrogen) atoms. The van der Waals surface area contributed by atoms with Gasteiger partial charge in [-0.2, -0.15) is 0 Å². The van der Waals surface area contributed by atoms with E-state index in [9.17, 15) is 0 Å². The molecule has 0 saturated carbocycles. The Kier molecular flexibility index (Phi) is 6.96. The molecule has 0 fully saturated rings. The van der Waals surface area contributed by atoms with Crippen LogP contribution in [0.25, 0.3) is 0 Å². The summed E-state index contributed by atoms with van der Waals surface area (Å²) < 4.78 is 0. The highest BCUT2D eigenvalue weighted by Gasteiger charge is 2.03. The van der Waals surface area contributed by atoms with E-state index in [1.165, 1.54) is 0 Å². The summed E-state index contributed by atoms with van der Waals surface area (Å²) in [7, 11) is -2.56. The van der Waals surface area contributed by atoms with E-state index < -0.39 is 7.32 Å². The summed E-state index contributed by atoms with van der Waals surface area (Å²) in [6.45, 7) is 9.19. The van der Waals surface area contributed by atoms with Crippen LogP contribution in [0.15, 0.2) is 0 Å². The number of hydrogen-bond donors (Lipinski definition) is 3. The Morgan fingerprint density at radius 3 is 0.889 bits per heavy atom. The molecule has 0 amide bonds. The van der Waals surface area contributed by atoms with Crippen molar-refractivity contribution in [2.24, 2.45) is 0 Å². The summed E-state index contributed by atoms with van der Waals surface area (Å²) in [6.07, 6.45) is 0. The van der Waals surface area contributed by atoms with Crippen LogP contribution in [0.1, 0.15) is 0 Å². The fourth-order valence-corrected chi connectivity index (χ4v) is 0. The molecule has 0 saturated heterocycles. The second-order valence-corrected chi connectivity index (χ2v) is 8.40. The van der Waals surface area contributed by atoms with E-state index in [1.807, 2.05) is 0 Å². The standard InChI is InChI=1S/C4H12P.BH3O3/c1-5(2,3)4;2-1(3)4/h1-4H3;2-4H/q+1;. The van der Waals surface area contributed by atoms with Crippen molar-refractivity contribution in [1.82, 2.24) is 0 Å². The van der Waals surface area contributed by atoms with Gasteiger partial charge in [-0.25, -0.2) is 0 Å². The van der Waals surface area contributed by atoms with Gasteiger partial charge in [0.15, 0.2) is 0 Å². The smallest absolute Gasteiger partial charge is 0.402 e. The molecule has 0 unspecified atom stereocenters. The van der Waals surface area contributed by atoms with Gasteiger partial charge in [-0.1, -0.05) is 0 Å². The zero-order valence-corrected chi connectivity index (χ0v) is 7.26. The van der Waals surface area contributed by atoms with Gasteiger partial charge in [0.25, 0.3) is 0 Å². The molecule has 56 valence electrons. The normalized spacial score (nSPS) is 9.67. The molecular formula is C4H15BO3P+. The van der Waals surface area contributed by atoms with Crippen LogP contribution in [0.5, 0.6) is 0 Å². The van der Waals surface area contributed by atoms with E-state index >= 15 is 0 Å². The maximum atomic E-state index is 7.17. The first-order chi connectivity index (χ1) is 3.73. The molecule has 0 aromatic carbocycles. The van der Waals surface area contributed by atoms with Gasteiger partial charge in [-0.05, 0) is 0 Å². The Labute approximate surface area is 57.2 Å². The average molecular weight is 153 g/mol. The molecule has 0 rings (SSSR count). The Morgan fingerprint density at radius 2 is 0.889 bits per heavy atom. The molecule has 0 aliphatic carbocycles. The number of hydrogen-bond acceptors (Lipinski definition) is 3. The molecule has 0 spiro atoms. The quantitative estimate of drug-likeness (QED) is 0.324. The summed E-state index contributed by atoms with van der Waals surface area (Å²) in [5, 5.41) is 21.5. The van der Waals surface area contributed by atoms with Crippen LogP contribution in [-0.2, 0) is 0 Å². The molecular weight excluding hydrogens is 138 g/mol. The van der Waals surface area contributed by atoms with Crippen molar-refractivity contribution in [3.63, 3.8) is 0 Å². The second kappa shape index (κ2) is 5.18. The fraction of sp³-hybridized carbons (Fsp3) is 1.00. The molecule has 0 aromatic heterocycles. The highest BCUT2D eigenvalue weighted by Crippen LogP contribution is 2.40. The molecule has 0 aromatic rings. The summed E-state index contributed by atoms with van der Waals surface area (Å²) in [6, 6.07) is 0. The minimum Gasteiger partial charge on any atom is -0.402 e. The second-order valence-electron chi connectivity index (χ2n) is 3.03. The molecule has 0 radical (unpaired) electrons. The van der Waals surface area contributed by atoms with Gasteiger partial charge in [-0.15, -0.1) is 0 Å². The molecule has 5 heteroatoms. The lowest BCUT2D eigenvalue weighted by atomic mass is 10.3. The zero-order chi connectivity index (χ0) is 8.08. The van der Waals surface area contributed by atoms with Gasteiger partial charge < -0.3 is 15.1 Å². The van der Waals surface area contributed by atoms with Crippen molar-refractivity contribution in [2.75, 3.05) is 26.7 Å². The van der Waals surface area contributed by atoms with Crippen molar-refractivity contribution in [1.29, 1.82) is 0 Å². The topological polar surface area (TPSA) is 60.7 Å². The third kappa shape index (κ3) is 2420. The van der Waals surface area contributed by atoms with E-state index in [0.717, 1.165) is 0 Å². The van der Waals surface area contributed by atoms with Crippen molar-refractivity contribution >= 4 is 14.6 Å². The van der Waals surface area contributed by atoms with Crippen molar-refractivity contribution in [3.05, 3.63) is 0 Å². The molecule has 3 nitrogen and oxygen atoms in total. The van der Waals surface area contributed by atoms with E-state index in [2.05, 4.69) is 26.7 Å². The molecule has 0 bridgehead atoms. The van der Waals surface area contributed by atoms with Crippen LogP contribution in [0.3, 0.4) is 0 Å². The SMILES string of the molecule is C[P+](C)(C)C.OB(O)O. The first-order valence-corrected chi connectivity index (χ1v) is 6.14. The van der Waals surface area contributed by atoms with Gasteiger partial charge in [0, 0.05) is 33.9 Å². The minimum atomic E-state index is -2.17. The molecule has 0 aliphatic rings. The van der Waals surface area contributed by atoms with E-state index in [1.54, 1.807) is 0 Å². The summed E-state index contributed by atoms with van der Waals surface area (Å²) in [5.41, 5.74) is 0. The first-order valence-electron chi connectivity index (χ1n) is 2.56. The lowest BCUT2D eigenvalue weighted by Crippen LogP contribution is -2.07. The van der Waals surface area contributed by atoms with E-state index in [-0.39, 0.29) is 7.26 Å². The molecule has 0 heterocycles. The maximum absolute atomic E-state index is 7.17. The van der Waals surface area contributed by atoms with Gasteiger partial charge >= 0.3 is 7.32 Å². The van der Waals surface area contributed by atoms with E-state index in [4.69, 9.17) is 15.1 Å². The number of rotatable bonds is 0. The van der Waals surface area contributed by atoms with Gasteiger partial charge in [0.05, 0.1) is 0 Å². The zero-order valence-electron chi connectivity index (χ0n) is 6.37. The third-order valence-electron chi connectivity index (χ3n) is 0. The molecule has 0 atom stereocenters. The Hall–Kier alpha value is 0.375. The average Bonchev–Trinajstić information content (AvgIpc) is 1.19. The first kappa shape index (κ1) is 12.1. The van der Waals surface area contributed by atoms with E-state index in [0.29, 0.717) is 0 Å². The largest absolute Gasteiger partial charge is 0.631 e. The van der Waals surface area contributed by atoms with Crippen LogP contribution >= 0.6 is 7.26 Å². The molecule has 3 N–H and O–H groups in total. The van der Waals surface area contributed by atoms with Gasteiger partial charge in [-0.3, -0.25) is 0 Å². The predicted molar refractivity (Wildman–Crippen MR) is 43.0 cm³/mol. The maximum Gasteiger partial charge on any atom is 0.631 e. The highest BCUT2D eigenvalue weighted by molar-refractivity contribution is 7.72. The van der Waals surface area contributed by atoms with Crippen LogP contribution in [0.2, 0.25) is 0 Å². The molecule has 0 aliphatic heterocycles. The monoisotopic (exact) mass is 153 g/mol. The van der Waals surface area contributed by atoms with Gasteiger partial charge in [0.1, 0.15) is 0 Å². The van der Waals surface area contributed by atoms with Crippen molar-refractivity contribution < 1.29 is 15.1 Å². The summed E-state index contributed by atoms with van der Waals surface area (Å²) >= 11 is 0. The lowest BCUT2D eigenvalue weighted by Gasteiger charge is -1.97. The predicted octanol–water partition coefficient (Wildman–Crippen LogP) is -0.529. The van der Waals surface area contributed by atoms with Gasteiger partial charge in [0.2, 0.25) is 0 Å². The third-order valence-corrected chi connectivity index (χ3v) is 0. The highest BCUT2D eigenvalue weighted by atomic mass is 31.2. The summed E-state index contributed by atoms with van der Waals surface area (Å²) in [5.74, 6) is 0. The van der Waals surface area contributed by atoms with Crippen molar-refractivity contribution in [3.8, 4) is 0 Å². The Balaban J connectivity index is 0. The van der Waals surface area contributed by atoms with Crippen LogP contribution < -0.4 is 0 Å². The van der Waals surface area contributed by atoms with Crippen LogP contribution in [0.4, 0.5) is 0 Å².